The molecule has 10 nitrogen and oxygen atoms in total. The fourth-order valence-corrected chi connectivity index (χ4v) is 7.13. The first-order valence-electron chi connectivity index (χ1n) is 18.6. The van der Waals surface area contributed by atoms with Crippen molar-refractivity contribution in [1.82, 2.24) is 44.2 Å². The molecule has 0 saturated carbocycles. The van der Waals surface area contributed by atoms with E-state index in [-0.39, 0.29) is 12.4 Å². The predicted molar refractivity (Wildman–Crippen MR) is 205 cm³/mol. The molecule has 1 aromatic heterocycles. The van der Waals surface area contributed by atoms with Crippen molar-refractivity contribution in [2.75, 3.05) is 145 Å². The molecule has 4 bridgehead atoms. The summed E-state index contributed by atoms with van der Waals surface area (Å²) in [7, 11) is 12.9. The van der Waals surface area contributed by atoms with E-state index >= 15 is 0 Å². The minimum absolute atomic E-state index is 0. The van der Waals surface area contributed by atoms with Gasteiger partial charge >= 0.3 is 50.4 Å². The van der Waals surface area contributed by atoms with Crippen molar-refractivity contribution in [1.29, 1.82) is 0 Å². The number of aromatic nitrogens is 1. The van der Waals surface area contributed by atoms with E-state index in [0.717, 1.165) is 57.9 Å². The van der Waals surface area contributed by atoms with Gasteiger partial charge in [0, 0.05) is 130 Å². The molecule has 15 heteroatoms. The molecule has 0 radical (unpaired) electrons. The van der Waals surface area contributed by atoms with Gasteiger partial charge in [-0.2, -0.15) is 0 Å². The fraction of sp³-hybridized carbons (Fsp3) is 0.703. The van der Waals surface area contributed by atoms with E-state index in [1.54, 1.807) is 6.07 Å². The van der Waals surface area contributed by atoms with E-state index in [1.807, 2.05) is 30.5 Å². The Kier molecular flexibility index (Phi) is 26.8. The first kappa shape index (κ1) is 47.9. The molecule has 52 heavy (non-hydrogen) atoms. The first-order valence-corrected chi connectivity index (χ1v) is 21.2. The molecule has 4 aliphatic rings. The Morgan fingerprint density at radius 2 is 0.923 bits per heavy atom. The summed E-state index contributed by atoms with van der Waals surface area (Å²) in [6, 6.07) is 14.0. The van der Waals surface area contributed by atoms with Crippen molar-refractivity contribution in [2.45, 2.75) is 25.9 Å². The number of benzene rings is 1. The first-order chi connectivity index (χ1) is 25.0. The van der Waals surface area contributed by atoms with Crippen molar-refractivity contribution < 1.29 is 47.7 Å². The van der Waals surface area contributed by atoms with Crippen LogP contribution in [-0.4, -0.2) is 194 Å². The Hall–Kier alpha value is -0.241. The molecular formula is C37H63Cl3Cu2N9O-. The van der Waals surface area contributed by atoms with Gasteiger partial charge in [0.05, 0.1) is 5.69 Å². The SMILES string of the molecule is CN1CCN2CCCN(Cc3ccccc3O)CCN(CC1)CC2.CN1CCN2CCCN(Cc3ccccn3)CCN(CC1)CC2.[Cl-].[Cl][64Cu].[Cl][64Cu]. The summed E-state index contributed by atoms with van der Waals surface area (Å²) in [5.74, 6) is 0.424. The second-order valence-electron chi connectivity index (χ2n) is 14.2. The number of fused-ring (bicyclic) bond motifs is 6. The van der Waals surface area contributed by atoms with Crippen LogP contribution >= 0.6 is 20.2 Å². The monoisotopic (exact) mass is 882 g/mol. The van der Waals surface area contributed by atoms with Crippen molar-refractivity contribution in [3.8, 4) is 5.75 Å². The third-order valence-corrected chi connectivity index (χ3v) is 10.5. The molecule has 1 N–H and O–H groups in total. The number of nitrogens with zero attached hydrogens (tertiary/aromatic N) is 9. The third kappa shape index (κ3) is 19.1. The quantitative estimate of drug-likeness (QED) is 0.437. The molecule has 4 unspecified atom stereocenters. The summed E-state index contributed by atoms with van der Waals surface area (Å²) in [6.45, 7) is 25.3. The number of phenolic OH excluding ortho intramolecular Hbond substituents is 1. The van der Waals surface area contributed by atoms with E-state index in [9.17, 15) is 5.11 Å². The standard InChI is InChI=1S/C19H32N4O.C18H31N5.3ClH.2Cu/c1-20-9-11-21-7-4-8-23(16-15-22(12-10-20)14-13-21)17-18-5-2-3-6-19(18)24;1-20-9-11-21-7-4-8-23(17-18-5-2-3-6-19-18)16-15-22(12-10-20)14-13-21;;;;;/h2-3,5-6,24H,4,7-17H2,1H3;2-3,5-6H,4,7-17H2,1H3;3*1H;;/q;;;;;2*+1/p-3/i;;;;;2*1+0. The van der Waals surface area contributed by atoms with Crippen LogP contribution in [0.4, 0.5) is 0 Å². The van der Waals surface area contributed by atoms with Gasteiger partial charge in [-0.05, 0) is 71.3 Å². The van der Waals surface area contributed by atoms with E-state index in [4.69, 9.17) is 0 Å². The zero-order chi connectivity index (χ0) is 36.7. The van der Waals surface area contributed by atoms with Crippen LogP contribution in [0.1, 0.15) is 24.1 Å². The zero-order valence-electron chi connectivity index (χ0n) is 31.3. The van der Waals surface area contributed by atoms with Gasteiger partial charge in [-0.1, -0.05) is 24.3 Å². The number of pyridine rings is 1. The normalized spacial score (nSPS) is 25.9. The van der Waals surface area contributed by atoms with Gasteiger partial charge in [-0.3, -0.25) is 24.6 Å². The maximum absolute atomic E-state index is 10.1. The van der Waals surface area contributed by atoms with Crippen LogP contribution in [-0.2, 0) is 43.3 Å². The fourth-order valence-electron chi connectivity index (χ4n) is 7.13. The molecule has 4 saturated heterocycles. The Morgan fingerprint density at radius 1 is 0.519 bits per heavy atom. The van der Waals surface area contributed by atoms with Crippen molar-refractivity contribution in [2.24, 2.45) is 0 Å². The van der Waals surface area contributed by atoms with Crippen LogP contribution in [0, 0.1) is 0 Å². The molecule has 0 spiro atoms. The Labute approximate surface area is 346 Å². The topological polar surface area (TPSA) is 59.0 Å². The van der Waals surface area contributed by atoms with E-state index in [0.29, 0.717) is 5.75 Å². The third-order valence-electron chi connectivity index (χ3n) is 10.5. The molecule has 1 aromatic carbocycles. The number of rotatable bonds is 4. The van der Waals surface area contributed by atoms with Crippen molar-refractivity contribution in [3.05, 3.63) is 59.9 Å². The summed E-state index contributed by atoms with van der Waals surface area (Å²) < 4.78 is 0. The summed E-state index contributed by atoms with van der Waals surface area (Å²) >= 11 is 7.32. The maximum atomic E-state index is 10.1. The molecule has 6 rings (SSSR count). The second-order valence-corrected chi connectivity index (χ2v) is 14.2. The number of likely N-dealkylation sites (N-methyl/N-ethyl adjacent to an activating group) is 2. The van der Waals surface area contributed by atoms with Crippen LogP contribution in [0.25, 0.3) is 0 Å². The van der Waals surface area contributed by atoms with Gasteiger partial charge in [0.2, 0.25) is 0 Å². The number of hydrogen-bond acceptors (Lipinski definition) is 10. The Bertz CT molecular complexity index is 1170. The number of phenols is 1. The van der Waals surface area contributed by atoms with E-state index in [2.05, 4.69) is 121 Å². The molecule has 4 atom stereocenters. The average molecular weight is 884 g/mol. The Morgan fingerprint density at radius 3 is 1.38 bits per heavy atom. The summed E-state index contributed by atoms with van der Waals surface area (Å²) in [4.78, 5) is 25.1. The number of hydrogen-bond donors (Lipinski definition) is 1. The molecular weight excluding hydrogens is 821 g/mol. The molecule has 0 aliphatic carbocycles. The van der Waals surface area contributed by atoms with Gasteiger partial charge in [0.25, 0.3) is 0 Å². The summed E-state index contributed by atoms with van der Waals surface area (Å²) in [5.41, 5.74) is 2.24. The number of aromatic hydroxyl groups is 1. The minimum atomic E-state index is 0. The second kappa shape index (κ2) is 29.1. The van der Waals surface area contributed by atoms with Crippen molar-refractivity contribution in [3.63, 3.8) is 0 Å². The average Bonchev–Trinajstić information content (AvgIpc) is 3.32. The molecule has 2 aromatic rings. The number of halogens is 3. The summed E-state index contributed by atoms with van der Waals surface area (Å²) in [6.07, 6.45) is 4.37. The van der Waals surface area contributed by atoms with Crippen LogP contribution in [0.15, 0.2) is 48.7 Å². The van der Waals surface area contributed by atoms with Crippen molar-refractivity contribution >= 4 is 20.2 Å². The predicted octanol–water partition coefficient (Wildman–Crippen LogP) is 0.362. The summed E-state index contributed by atoms with van der Waals surface area (Å²) in [5, 5.41) is 10.1. The van der Waals surface area contributed by atoms with Gasteiger partial charge < -0.3 is 37.1 Å². The van der Waals surface area contributed by atoms with Gasteiger partial charge in [0.1, 0.15) is 5.75 Å². The zero-order valence-corrected chi connectivity index (χ0v) is 35.4. The van der Waals surface area contributed by atoms with E-state index in [1.165, 1.54) is 110 Å². The molecule has 4 fully saturated rings. The van der Waals surface area contributed by atoms with Gasteiger partial charge in [0.15, 0.2) is 0 Å². The van der Waals surface area contributed by atoms with Gasteiger partial charge in [-0.15, -0.1) is 0 Å². The number of para-hydroxylation sites is 1. The van der Waals surface area contributed by atoms with Crippen LogP contribution in [0.3, 0.4) is 0 Å². The van der Waals surface area contributed by atoms with Crippen LogP contribution < -0.4 is 12.4 Å². The van der Waals surface area contributed by atoms with Gasteiger partial charge in [-0.25, -0.2) is 0 Å². The van der Waals surface area contributed by atoms with Crippen LogP contribution in [0.5, 0.6) is 5.75 Å². The Balaban J connectivity index is 0.000000323. The molecule has 306 valence electrons. The molecule has 4 aliphatic heterocycles. The van der Waals surface area contributed by atoms with Crippen LogP contribution in [0.2, 0.25) is 0 Å². The molecule has 5 heterocycles. The molecule has 0 amide bonds. The van der Waals surface area contributed by atoms with E-state index < -0.39 is 0 Å².